The Morgan fingerprint density at radius 3 is 2.74 bits per heavy atom. The van der Waals surface area contributed by atoms with E-state index in [2.05, 4.69) is 20.4 Å². The summed E-state index contributed by atoms with van der Waals surface area (Å²) in [6.07, 6.45) is 1.42. The molecule has 0 spiro atoms. The second kappa shape index (κ2) is 8.59. The van der Waals surface area contributed by atoms with Crippen molar-refractivity contribution in [1.82, 2.24) is 20.5 Å². The minimum atomic E-state index is -0.457. The molecule has 1 fully saturated rings. The van der Waals surface area contributed by atoms with Crippen molar-refractivity contribution in [2.75, 3.05) is 26.7 Å². The maximum absolute atomic E-state index is 13.2. The van der Waals surface area contributed by atoms with E-state index in [1.165, 1.54) is 25.4 Å². The van der Waals surface area contributed by atoms with Crippen LogP contribution in [0.5, 0.6) is 0 Å². The first-order chi connectivity index (χ1) is 13.1. The molecule has 2 heterocycles. The quantitative estimate of drug-likeness (QED) is 0.801. The number of pyridine rings is 1. The number of benzene rings is 1. The number of methoxy groups -OCH3 is 1. The first kappa shape index (κ1) is 18.8. The standard InChI is InChI=1S/C19H21FN4O3/c1-27-18(25)14-4-7-16(22-10-14)11-23-19(26)24-9-8-21-12-17(24)13-2-5-15(20)6-3-13/h2-7,10,17,21H,8-9,11-12H2,1H3,(H,23,26). The van der Waals surface area contributed by atoms with E-state index in [4.69, 9.17) is 0 Å². The van der Waals surface area contributed by atoms with Crippen LogP contribution in [0, 0.1) is 5.82 Å². The molecular formula is C19H21FN4O3. The van der Waals surface area contributed by atoms with Crippen molar-refractivity contribution in [2.24, 2.45) is 0 Å². The number of aromatic nitrogens is 1. The minimum Gasteiger partial charge on any atom is -0.465 e. The Morgan fingerprint density at radius 1 is 1.30 bits per heavy atom. The van der Waals surface area contributed by atoms with Crippen LogP contribution >= 0.6 is 0 Å². The summed E-state index contributed by atoms with van der Waals surface area (Å²) in [7, 11) is 1.31. The normalized spacial score (nSPS) is 16.7. The number of rotatable bonds is 4. The third-order valence-corrected chi connectivity index (χ3v) is 4.43. The van der Waals surface area contributed by atoms with Crippen LogP contribution in [0.2, 0.25) is 0 Å². The van der Waals surface area contributed by atoms with E-state index < -0.39 is 5.97 Å². The monoisotopic (exact) mass is 372 g/mol. The lowest BCUT2D eigenvalue weighted by Gasteiger charge is -2.36. The SMILES string of the molecule is COC(=O)c1ccc(CNC(=O)N2CCNCC2c2ccc(F)cc2)nc1. The summed E-state index contributed by atoms with van der Waals surface area (Å²) in [4.78, 5) is 30.0. The van der Waals surface area contributed by atoms with Gasteiger partial charge in [0, 0.05) is 25.8 Å². The summed E-state index contributed by atoms with van der Waals surface area (Å²) in [6.45, 7) is 2.07. The molecule has 1 aliphatic heterocycles. The first-order valence-electron chi connectivity index (χ1n) is 8.62. The molecule has 1 atom stereocenters. The zero-order valence-electron chi connectivity index (χ0n) is 14.9. The molecule has 0 saturated carbocycles. The summed E-state index contributed by atoms with van der Waals surface area (Å²) in [5.74, 6) is -0.763. The van der Waals surface area contributed by atoms with Gasteiger partial charge in [-0.25, -0.2) is 14.0 Å². The van der Waals surface area contributed by atoms with Crippen LogP contribution < -0.4 is 10.6 Å². The van der Waals surface area contributed by atoms with Gasteiger partial charge in [-0.05, 0) is 29.8 Å². The molecule has 0 bridgehead atoms. The molecule has 1 aromatic carbocycles. The van der Waals surface area contributed by atoms with Crippen molar-refractivity contribution in [1.29, 1.82) is 0 Å². The molecule has 7 nitrogen and oxygen atoms in total. The number of ether oxygens (including phenoxy) is 1. The highest BCUT2D eigenvalue weighted by Crippen LogP contribution is 2.22. The van der Waals surface area contributed by atoms with Crippen molar-refractivity contribution in [3.05, 3.63) is 65.2 Å². The highest BCUT2D eigenvalue weighted by Gasteiger charge is 2.27. The van der Waals surface area contributed by atoms with Gasteiger partial charge in [-0.1, -0.05) is 12.1 Å². The minimum absolute atomic E-state index is 0.172. The van der Waals surface area contributed by atoms with Crippen LogP contribution in [0.3, 0.4) is 0 Å². The number of esters is 1. The molecule has 1 saturated heterocycles. The maximum Gasteiger partial charge on any atom is 0.339 e. The summed E-state index contributed by atoms with van der Waals surface area (Å²) in [6, 6.07) is 9.06. The number of urea groups is 1. The summed E-state index contributed by atoms with van der Waals surface area (Å²) < 4.78 is 17.8. The molecule has 0 radical (unpaired) electrons. The Morgan fingerprint density at radius 2 is 2.07 bits per heavy atom. The summed E-state index contributed by atoms with van der Waals surface area (Å²) in [5, 5.41) is 6.11. The number of carbonyl (C=O) groups is 2. The van der Waals surface area contributed by atoms with Gasteiger partial charge in [0.25, 0.3) is 0 Å². The average molecular weight is 372 g/mol. The third-order valence-electron chi connectivity index (χ3n) is 4.43. The largest absolute Gasteiger partial charge is 0.465 e. The van der Waals surface area contributed by atoms with Crippen LogP contribution in [-0.2, 0) is 11.3 Å². The molecule has 1 unspecified atom stereocenters. The van der Waals surface area contributed by atoms with Crippen molar-refractivity contribution < 1.29 is 18.7 Å². The van der Waals surface area contributed by atoms with Crippen LogP contribution in [-0.4, -0.2) is 48.6 Å². The van der Waals surface area contributed by atoms with Crippen molar-refractivity contribution in [3.8, 4) is 0 Å². The maximum atomic E-state index is 13.2. The second-order valence-electron chi connectivity index (χ2n) is 6.15. The molecule has 0 aliphatic carbocycles. The van der Waals surface area contributed by atoms with E-state index in [0.29, 0.717) is 30.9 Å². The van der Waals surface area contributed by atoms with Crippen molar-refractivity contribution in [3.63, 3.8) is 0 Å². The number of piperazine rings is 1. The zero-order valence-corrected chi connectivity index (χ0v) is 14.9. The van der Waals surface area contributed by atoms with Gasteiger partial charge in [-0.15, -0.1) is 0 Å². The molecule has 142 valence electrons. The van der Waals surface area contributed by atoms with Gasteiger partial charge >= 0.3 is 12.0 Å². The van der Waals surface area contributed by atoms with Crippen molar-refractivity contribution in [2.45, 2.75) is 12.6 Å². The predicted molar refractivity (Wildman–Crippen MR) is 96.5 cm³/mol. The number of halogens is 1. The van der Waals surface area contributed by atoms with Crippen LogP contribution in [0.1, 0.15) is 27.7 Å². The molecule has 27 heavy (non-hydrogen) atoms. The van der Waals surface area contributed by atoms with Gasteiger partial charge in [0.1, 0.15) is 5.82 Å². The van der Waals surface area contributed by atoms with E-state index >= 15 is 0 Å². The third kappa shape index (κ3) is 4.59. The van der Waals surface area contributed by atoms with Gasteiger partial charge < -0.3 is 20.3 Å². The van der Waals surface area contributed by atoms with Gasteiger partial charge in [-0.3, -0.25) is 4.98 Å². The van der Waals surface area contributed by atoms with Crippen LogP contribution in [0.15, 0.2) is 42.6 Å². The van der Waals surface area contributed by atoms with E-state index in [0.717, 1.165) is 5.56 Å². The topological polar surface area (TPSA) is 83.6 Å². The Hall–Kier alpha value is -3.00. The fraction of sp³-hybridized carbons (Fsp3) is 0.316. The number of nitrogens with zero attached hydrogens (tertiary/aromatic N) is 2. The molecule has 3 rings (SSSR count). The lowest BCUT2D eigenvalue weighted by molar-refractivity contribution is 0.0600. The fourth-order valence-corrected chi connectivity index (χ4v) is 2.97. The highest BCUT2D eigenvalue weighted by molar-refractivity contribution is 5.88. The van der Waals surface area contributed by atoms with Gasteiger partial charge in [0.05, 0.1) is 31.0 Å². The summed E-state index contributed by atoms with van der Waals surface area (Å²) in [5.41, 5.74) is 1.86. The Balaban J connectivity index is 1.63. The fourth-order valence-electron chi connectivity index (χ4n) is 2.97. The molecule has 2 amide bonds. The zero-order chi connectivity index (χ0) is 19.2. The summed E-state index contributed by atoms with van der Waals surface area (Å²) >= 11 is 0. The number of amides is 2. The van der Waals surface area contributed by atoms with Crippen LogP contribution in [0.25, 0.3) is 0 Å². The average Bonchev–Trinajstić information content (AvgIpc) is 2.72. The Labute approximate surface area is 156 Å². The van der Waals surface area contributed by atoms with Gasteiger partial charge in [0.15, 0.2) is 0 Å². The van der Waals surface area contributed by atoms with E-state index in [-0.39, 0.29) is 24.4 Å². The first-order valence-corrected chi connectivity index (χ1v) is 8.62. The molecule has 1 aliphatic rings. The van der Waals surface area contributed by atoms with Gasteiger partial charge in [-0.2, -0.15) is 0 Å². The van der Waals surface area contributed by atoms with E-state index in [9.17, 15) is 14.0 Å². The van der Waals surface area contributed by atoms with Gasteiger partial charge in [0.2, 0.25) is 0 Å². The lowest BCUT2D eigenvalue weighted by atomic mass is 10.0. The van der Waals surface area contributed by atoms with Crippen molar-refractivity contribution >= 4 is 12.0 Å². The number of hydrogen-bond donors (Lipinski definition) is 2. The number of hydrogen-bond acceptors (Lipinski definition) is 5. The number of nitrogens with one attached hydrogen (secondary N) is 2. The number of carbonyl (C=O) groups excluding carboxylic acids is 2. The smallest absolute Gasteiger partial charge is 0.339 e. The molecular weight excluding hydrogens is 351 g/mol. The lowest BCUT2D eigenvalue weighted by Crippen LogP contribution is -2.51. The molecule has 8 heteroatoms. The highest BCUT2D eigenvalue weighted by atomic mass is 19.1. The Kier molecular flexibility index (Phi) is 5.97. The Bertz CT molecular complexity index is 796. The second-order valence-corrected chi connectivity index (χ2v) is 6.15. The van der Waals surface area contributed by atoms with E-state index in [1.807, 2.05) is 0 Å². The van der Waals surface area contributed by atoms with Crippen LogP contribution in [0.4, 0.5) is 9.18 Å². The van der Waals surface area contributed by atoms with E-state index in [1.54, 1.807) is 29.2 Å². The molecule has 2 aromatic rings. The molecule has 2 N–H and O–H groups in total. The molecule has 1 aromatic heterocycles. The predicted octanol–water partition coefficient (Wildman–Crippen LogP) is 1.86.